The Morgan fingerprint density at radius 2 is 1.83 bits per heavy atom. The zero-order valence-corrected chi connectivity index (χ0v) is 9.71. The molecule has 102 valence electrons. The highest BCUT2D eigenvalue weighted by molar-refractivity contribution is 5.94. The van der Waals surface area contributed by atoms with Crippen molar-refractivity contribution in [3.63, 3.8) is 0 Å². The van der Waals surface area contributed by atoms with E-state index in [1.54, 1.807) is 0 Å². The summed E-state index contributed by atoms with van der Waals surface area (Å²) < 4.78 is 40.1. The summed E-state index contributed by atoms with van der Waals surface area (Å²) in [4.78, 5) is 23.8. The Bertz CT molecular complexity index is 360. The van der Waals surface area contributed by atoms with Crippen LogP contribution in [0, 0.1) is 0 Å². The van der Waals surface area contributed by atoms with E-state index in [2.05, 4.69) is 10.1 Å². The van der Waals surface area contributed by atoms with Crippen molar-refractivity contribution >= 4 is 11.9 Å². The fourth-order valence-electron chi connectivity index (χ4n) is 1.41. The van der Waals surface area contributed by atoms with Crippen LogP contribution in [0.5, 0.6) is 0 Å². The number of hydrogen-bond donors (Lipinski definition) is 1. The Morgan fingerprint density at radius 3 is 2.28 bits per heavy atom. The lowest BCUT2D eigenvalue weighted by molar-refractivity contribution is -0.196. The smallest absolute Gasteiger partial charge is 0.414 e. The molecule has 0 spiro atoms. The average Bonchev–Trinajstić information content (AvgIpc) is 2.34. The Morgan fingerprint density at radius 1 is 1.28 bits per heavy atom. The van der Waals surface area contributed by atoms with Gasteiger partial charge in [0.2, 0.25) is 0 Å². The number of halogens is 3. The van der Waals surface area contributed by atoms with E-state index >= 15 is 0 Å². The quantitative estimate of drug-likeness (QED) is 0.447. The summed E-state index contributed by atoms with van der Waals surface area (Å²) in [6.07, 6.45) is -4.06. The number of amides is 1. The molecule has 0 aromatic heterocycles. The second-order valence-corrected chi connectivity index (χ2v) is 3.58. The molecule has 0 saturated carbocycles. The maximum atomic E-state index is 12.0. The lowest BCUT2D eigenvalue weighted by Crippen LogP contribution is -2.47. The monoisotopic (exact) mass is 266 g/mol. The summed E-state index contributed by atoms with van der Waals surface area (Å²) in [6, 6.07) is 0. The van der Waals surface area contributed by atoms with Gasteiger partial charge in [0, 0.05) is 26.2 Å². The van der Waals surface area contributed by atoms with Crippen LogP contribution < -0.4 is 5.32 Å². The molecule has 18 heavy (non-hydrogen) atoms. The molecule has 5 nitrogen and oxygen atoms in total. The van der Waals surface area contributed by atoms with Crippen LogP contribution in [-0.4, -0.2) is 49.1 Å². The van der Waals surface area contributed by atoms with Crippen molar-refractivity contribution < 1.29 is 27.5 Å². The third-order valence-corrected chi connectivity index (χ3v) is 2.31. The van der Waals surface area contributed by atoms with E-state index in [4.69, 9.17) is 0 Å². The predicted octanol–water partition coefficient (Wildman–Crippen LogP) is 0.427. The second-order valence-electron chi connectivity index (χ2n) is 3.58. The Kier molecular flexibility index (Phi) is 4.71. The summed E-state index contributed by atoms with van der Waals surface area (Å²) >= 11 is 0. The van der Waals surface area contributed by atoms with Crippen LogP contribution in [0.3, 0.4) is 0 Å². The van der Waals surface area contributed by atoms with E-state index in [0.29, 0.717) is 26.2 Å². The third-order valence-electron chi connectivity index (χ3n) is 2.31. The van der Waals surface area contributed by atoms with Crippen molar-refractivity contribution in [2.45, 2.75) is 13.1 Å². The molecule has 0 aromatic rings. The normalized spacial score (nSPS) is 17.6. The van der Waals surface area contributed by atoms with Crippen molar-refractivity contribution in [2.75, 3.05) is 26.2 Å². The van der Waals surface area contributed by atoms with Crippen LogP contribution in [0.2, 0.25) is 0 Å². The van der Waals surface area contributed by atoms with E-state index in [9.17, 15) is 22.8 Å². The van der Waals surface area contributed by atoms with E-state index < -0.39 is 23.8 Å². The molecular formula is C10H13F3N2O3. The Balaban J connectivity index is 2.66. The number of nitrogens with zero attached hydrogens (tertiary/aromatic N) is 1. The lowest BCUT2D eigenvalue weighted by atomic mass is 10.3. The zero-order valence-electron chi connectivity index (χ0n) is 9.71. The first-order chi connectivity index (χ1) is 8.36. The van der Waals surface area contributed by atoms with Gasteiger partial charge in [-0.15, -0.1) is 0 Å². The molecule has 1 saturated heterocycles. The lowest BCUT2D eigenvalue weighted by Gasteiger charge is -2.27. The largest absolute Gasteiger partial charge is 0.491 e. The van der Waals surface area contributed by atoms with Crippen LogP contribution in [0.25, 0.3) is 0 Å². The maximum absolute atomic E-state index is 12.0. The fraction of sp³-hybridized carbons (Fsp3) is 0.600. The highest BCUT2D eigenvalue weighted by Gasteiger charge is 2.42. The van der Waals surface area contributed by atoms with Gasteiger partial charge in [-0.3, -0.25) is 4.79 Å². The molecule has 1 aliphatic rings. The van der Waals surface area contributed by atoms with Crippen LogP contribution in [-0.2, 0) is 14.3 Å². The van der Waals surface area contributed by atoms with Crippen LogP contribution in [0.1, 0.15) is 6.92 Å². The van der Waals surface area contributed by atoms with Gasteiger partial charge in [-0.25, -0.2) is 4.79 Å². The maximum Gasteiger partial charge on any atom is 0.491 e. The molecule has 1 aliphatic heterocycles. The number of carbonyl (C=O) groups excluding carboxylic acids is 2. The molecule has 0 unspecified atom stereocenters. The van der Waals surface area contributed by atoms with E-state index in [1.807, 2.05) is 0 Å². The minimum atomic E-state index is -5.11. The number of hydrogen-bond acceptors (Lipinski definition) is 4. The van der Waals surface area contributed by atoms with Crippen LogP contribution in [0.15, 0.2) is 11.8 Å². The van der Waals surface area contributed by atoms with Gasteiger partial charge in [-0.05, 0) is 13.0 Å². The van der Waals surface area contributed by atoms with Gasteiger partial charge in [0.1, 0.15) is 0 Å². The van der Waals surface area contributed by atoms with Gasteiger partial charge >= 0.3 is 12.1 Å². The number of carbonyl (C=O) groups is 2. The van der Waals surface area contributed by atoms with Crippen molar-refractivity contribution in [3.05, 3.63) is 11.8 Å². The summed E-state index contributed by atoms with van der Waals surface area (Å²) in [5, 5.41) is 2.99. The van der Waals surface area contributed by atoms with Gasteiger partial charge in [0.15, 0.2) is 5.76 Å². The molecule has 0 radical (unpaired) electrons. The van der Waals surface area contributed by atoms with E-state index in [1.165, 1.54) is 11.8 Å². The molecule has 0 aromatic carbocycles. The molecule has 0 aliphatic carbocycles. The number of piperazine rings is 1. The SMILES string of the molecule is C/C=C(/OC(=O)C(F)(F)F)C(=O)N1CCNCC1. The van der Waals surface area contributed by atoms with Gasteiger partial charge < -0.3 is 15.0 Å². The van der Waals surface area contributed by atoms with Gasteiger partial charge in [0.05, 0.1) is 0 Å². The number of esters is 1. The molecule has 0 atom stereocenters. The second kappa shape index (κ2) is 5.85. The van der Waals surface area contributed by atoms with Crippen molar-refractivity contribution in [3.8, 4) is 0 Å². The molecule has 0 bridgehead atoms. The highest BCUT2D eigenvalue weighted by atomic mass is 19.4. The van der Waals surface area contributed by atoms with Crippen LogP contribution >= 0.6 is 0 Å². The van der Waals surface area contributed by atoms with Crippen LogP contribution in [0.4, 0.5) is 13.2 Å². The topological polar surface area (TPSA) is 58.6 Å². The summed E-state index contributed by atoms with van der Waals surface area (Å²) in [5.41, 5.74) is 0. The molecular weight excluding hydrogens is 253 g/mol. The number of nitrogens with one attached hydrogen (secondary N) is 1. The molecule has 8 heteroatoms. The van der Waals surface area contributed by atoms with E-state index in [0.717, 1.165) is 6.08 Å². The summed E-state index contributed by atoms with van der Waals surface area (Å²) in [5.74, 6) is -3.70. The van der Waals surface area contributed by atoms with Crippen molar-refractivity contribution in [1.82, 2.24) is 10.2 Å². The number of ether oxygens (including phenoxy) is 1. The van der Waals surface area contributed by atoms with Gasteiger partial charge in [0.25, 0.3) is 5.91 Å². The summed E-state index contributed by atoms with van der Waals surface area (Å²) in [7, 11) is 0. The van der Waals surface area contributed by atoms with Crippen molar-refractivity contribution in [1.29, 1.82) is 0 Å². The third kappa shape index (κ3) is 3.73. The molecule has 1 heterocycles. The Hall–Kier alpha value is -1.57. The first-order valence-electron chi connectivity index (χ1n) is 5.31. The number of rotatable bonds is 2. The number of allylic oxidation sites excluding steroid dienone is 1. The average molecular weight is 266 g/mol. The summed E-state index contributed by atoms with van der Waals surface area (Å²) in [6.45, 7) is 3.16. The number of alkyl halides is 3. The minimum absolute atomic E-state index is 0.361. The molecule has 1 rings (SSSR count). The highest BCUT2D eigenvalue weighted by Crippen LogP contribution is 2.19. The van der Waals surface area contributed by atoms with E-state index in [-0.39, 0.29) is 0 Å². The minimum Gasteiger partial charge on any atom is -0.414 e. The van der Waals surface area contributed by atoms with Crippen molar-refractivity contribution in [2.24, 2.45) is 0 Å². The first kappa shape index (κ1) is 14.5. The molecule has 1 amide bonds. The molecule has 1 N–H and O–H groups in total. The fourth-order valence-corrected chi connectivity index (χ4v) is 1.41. The zero-order chi connectivity index (χ0) is 13.8. The van der Waals surface area contributed by atoms with Gasteiger partial charge in [-0.1, -0.05) is 0 Å². The Labute approximate surface area is 102 Å². The first-order valence-corrected chi connectivity index (χ1v) is 5.31. The molecule has 1 fully saturated rings. The standard InChI is InChI=1S/C10H13F3N2O3/c1-2-7(18-9(17)10(11,12)13)8(16)15-5-3-14-4-6-15/h2,14H,3-6H2,1H3/b7-2+. The predicted molar refractivity (Wildman–Crippen MR) is 55.4 cm³/mol. The van der Waals surface area contributed by atoms with Gasteiger partial charge in [-0.2, -0.15) is 13.2 Å².